The Hall–Kier alpha value is -4.38. The molecular formula is C28H28FN7O3. The van der Waals surface area contributed by atoms with E-state index in [4.69, 9.17) is 9.84 Å². The number of nitrogens with one attached hydrogen (secondary N) is 2. The number of nitrogens with zero attached hydrogens (tertiary/aromatic N) is 5. The molecule has 10 nitrogen and oxygen atoms in total. The Labute approximate surface area is 224 Å². The van der Waals surface area contributed by atoms with Gasteiger partial charge in [0, 0.05) is 49.3 Å². The van der Waals surface area contributed by atoms with Crippen LogP contribution in [0, 0.1) is 5.82 Å². The smallest absolute Gasteiger partial charge is 0.271 e. The molecule has 0 bridgehead atoms. The van der Waals surface area contributed by atoms with E-state index in [0.29, 0.717) is 48.6 Å². The molecule has 0 spiro atoms. The van der Waals surface area contributed by atoms with Gasteiger partial charge >= 0.3 is 0 Å². The number of hydrogen-bond donors (Lipinski definition) is 2. The normalized spacial score (nSPS) is 18.1. The highest BCUT2D eigenvalue weighted by Gasteiger charge is 2.34. The maximum Gasteiger partial charge on any atom is 0.271 e. The van der Waals surface area contributed by atoms with Crippen LogP contribution in [0.25, 0.3) is 16.9 Å². The van der Waals surface area contributed by atoms with Crippen LogP contribution in [0.15, 0.2) is 42.7 Å². The van der Waals surface area contributed by atoms with Crippen LogP contribution in [-0.4, -0.2) is 64.1 Å². The number of ether oxygens (including phenoxy) is 1. The molecule has 2 atom stereocenters. The Morgan fingerprint density at radius 3 is 2.82 bits per heavy atom. The minimum absolute atomic E-state index is 0.0267. The lowest BCUT2D eigenvalue weighted by molar-refractivity contribution is -0.0181. The summed E-state index contributed by atoms with van der Waals surface area (Å²) in [6.45, 7) is 3.16. The van der Waals surface area contributed by atoms with Gasteiger partial charge in [0.1, 0.15) is 11.5 Å². The van der Waals surface area contributed by atoms with Crippen molar-refractivity contribution in [3.05, 3.63) is 65.4 Å². The van der Waals surface area contributed by atoms with Crippen LogP contribution >= 0.6 is 0 Å². The van der Waals surface area contributed by atoms with Crippen LogP contribution in [0.1, 0.15) is 46.2 Å². The number of rotatable bonds is 8. The van der Waals surface area contributed by atoms with Gasteiger partial charge < -0.3 is 20.3 Å². The lowest BCUT2D eigenvalue weighted by Crippen LogP contribution is -2.51. The van der Waals surface area contributed by atoms with E-state index in [1.165, 1.54) is 18.5 Å². The number of hydrogen-bond acceptors (Lipinski definition) is 8. The molecule has 1 aliphatic carbocycles. The predicted octanol–water partition coefficient (Wildman–Crippen LogP) is 3.78. The summed E-state index contributed by atoms with van der Waals surface area (Å²) in [5.74, 6) is -0.182. The molecule has 0 unspecified atom stereocenters. The Morgan fingerprint density at radius 1 is 1.23 bits per heavy atom. The van der Waals surface area contributed by atoms with E-state index >= 15 is 0 Å². The van der Waals surface area contributed by atoms with Crippen LogP contribution in [0.4, 0.5) is 21.6 Å². The maximum absolute atomic E-state index is 14.8. The zero-order valence-corrected chi connectivity index (χ0v) is 21.6. The molecule has 11 heteroatoms. The van der Waals surface area contributed by atoms with Gasteiger partial charge in [-0.3, -0.25) is 14.6 Å². The minimum Gasteiger partial charge on any atom is -0.385 e. The number of anilines is 3. The van der Waals surface area contributed by atoms with Gasteiger partial charge in [0.2, 0.25) is 0 Å². The van der Waals surface area contributed by atoms with Crippen LogP contribution in [-0.2, 0) is 11.2 Å². The number of benzene rings is 1. The van der Waals surface area contributed by atoms with Gasteiger partial charge in [-0.05, 0) is 43.9 Å². The van der Waals surface area contributed by atoms with E-state index in [1.807, 2.05) is 36.1 Å². The number of halogens is 1. The molecule has 0 saturated heterocycles. The van der Waals surface area contributed by atoms with Crippen molar-refractivity contribution in [2.75, 3.05) is 30.4 Å². The molecule has 1 saturated carbocycles. The summed E-state index contributed by atoms with van der Waals surface area (Å²) in [4.78, 5) is 35.0. The summed E-state index contributed by atoms with van der Waals surface area (Å²) in [5, 5.41) is 11.0. The van der Waals surface area contributed by atoms with Crippen LogP contribution in [0.2, 0.25) is 0 Å². The first kappa shape index (κ1) is 24.9. The Morgan fingerprint density at radius 2 is 2.10 bits per heavy atom. The van der Waals surface area contributed by atoms with Crippen molar-refractivity contribution in [3.8, 4) is 11.3 Å². The maximum atomic E-state index is 14.8. The first-order valence-corrected chi connectivity index (χ1v) is 13.0. The van der Waals surface area contributed by atoms with E-state index in [-0.39, 0.29) is 29.3 Å². The summed E-state index contributed by atoms with van der Waals surface area (Å²) in [6.07, 6.45) is 5.95. The van der Waals surface area contributed by atoms with Gasteiger partial charge in [-0.1, -0.05) is 12.1 Å². The first-order chi connectivity index (χ1) is 19.0. The standard InChI is InChI=1S/C28H28FN7O3/c1-3-39-24-8-7-20(24)33-28(38)23-14-32-27-21(30-2)12-25(34-36(23)27)35-10-9-17-18(5-4-6-22(17)35)26-19(29)11-16(15-37)13-31-26/h4-6,11-15,20,24,30H,3,7-10H2,1-2H3,(H,33,38)/t20-,24-/m1/s1. The second-order valence-corrected chi connectivity index (χ2v) is 9.62. The third-order valence-electron chi connectivity index (χ3n) is 7.42. The fraction of sp³-hybridized carbons (Fsp3) is 0.321. The van der Waals surface area contributed by atoms with Crippen molar-refractivity contribution in [2.45, 2.75) is 38.3 Å². The Kier molecular flexibility index (Phi) is 6.43. The number of aldehydes is 1. The largest absolute Gasteiger partial charge is 0.385 e. The number of aromatic nitrogens is 4. The molecular weight excluding hydrogens is 501 g/mol. The van der Waals surface area contributed by atoms with Gasteiger partial charge in [-0.2, -0.15) is 0 Å². The highest BCUT2D eigenvalue weighted by molar-refractivity contribution is 5.94. The molecule has 1 amide bonds. The molecule has 2 N–H and O–H groups in total. The Balaban J connectivity index is 1.36. The highest BCUT2D eigenvalue weighted by atomic mass is 19.1. The molecule has 4 heterocycles. The molecule has 200 valence electrons. The summed E-state index contributed by atoms with van der Waals surface area (Å²) < 4.78 is 22.1. The molecule has 6 rings (SSSR count). The molecule has 3 aromatic heterocycles. The second kappa shape index (κ2) is 10.1. The average Bonchev–Trinajstić information content (AvgIpc) is 3.58. The molecule has 1 fully saturated rings. The molecule has 1 aliphatic heterocycles. The number of imidazole rings is 1. The number of carbonyl (C=O) groups is 2. The summed E-state index contributed by atoms with van der Waals surface area (Å²) in [5.41, 5.74) is 4.47. The molecule has 2 aliphatic rings. The number of amides is 1. The number of pyridine rings is 1. The van der Waals surface area contributed by atoms with Crippen molar-refractivity contribution in [1.29, 1.82) is 0 Å². The van der Waals surface area contributed by atoms with E-state index in [2.05, 4.69) is 20.6 Å². The Bertz CT molecular complexity index is 1590. The SMILES string of the molecule is CCO[C@@H]1CC[C@H]1NC(=O)c1cnc2c(NC)cc(N3CCc4c(-c5ncc(C=O)cc5F)cccc43)nn12. The molecule has 1 aromatic carbocycles. The number of fused-ring (bicyclic) bond motifs is 2. The summed E-state index contributed by atoms with van der Waals surface area (Å²) in [6, 6.07) is 8.69. The van der Waals surface area contributed by atoms with E-state index in [0.717, 1.165) is 29.8 Å². The van der Waals surface area contributed by atoms with Crippen molar-refractivity contribution < 1.29 is 18.7 Å². The molecule has 39 heavy (non-hydrogen) atoms. The van der Waals surface area contributed by atoms with Gasteiger partial charge in [0.05, 0.1) is 24.0 Å². The van der Waals surface area contributed by atoms with E-state index in [1.54, 1.807) is 11.6 Å². The average molecular weight is 530 g/mol. The first-order valence-electron chi connectivity index (χ1n) is 13.0. The molecule has 0 radical (unpaired) electrons. The lowest BCUT2D eigenvalue weighted by atomic mass is 9.89. The van der Waals surface area contributed by atoms with E-state index in [9.17, 15) is 14.0 Å². The fourth-order valence-corrected chi connectivity index (χ4v) is 5.33. The quantitative estimate of drug-likeness (QED) is 0.332. The highest BCUT2D eigenvalue weighted by Crippen LogP contribution is 2.40. The lowest BCUT2D eigenvalue weighted by Gasteiger charge is -2.36. The van der Waals surface area contributed by atoms with E-state index < -0.39 is 5.82 Å². The van der Waals surface area contributed by atoms with Crippen LogP contribution < -0.4 is 15.5 Å². The third-order valence-corrected chi connectivity index (χ3v) is 7.42. The van der Waals surface area contributed by atoms with Gasteiger partial charge in [0.25, 0.3) is 5.91 Å². The minimum atomic E-state index is -0.546. The van der Waals surface area contributed by atoms with Crippen molar-refractivity contribution in [1.82, 2.24) is 24.9 Å². The monoisotopic (exact) mass is 529 g/mol. The van der Waals surface area contributed by atoms with Gasteiger partial charge in [0.15, 0.2) is 23.4 Å². The van der Waals surface area contributed by atoms with Gasteiger partial charge in [-0.25, -0.2) is 13.9 Å². The van der Waals surface area contributed by atoms with Crippen molar-refractivity contribution in [2.24, 2.45) is 0 Å². The summed E-state index contributed by atoms with van der Waals surface area (Å²) in [7, 11) is 1.79. The zero-order valence-electron chi connectivity index (χ0n) is 21.6. The van der Waals surface area contributed by atoms with Crippen molar-refractivity contribution in [3.63, 3.8) is 0 Å². The second-order valence-electron chi connectivity index (χ2n) is 9.62. The molecule has 4 aromatic rings. The number of carbonyl (C=O) groups excluding carboxylic acids is 2. The van der Waals surface area contributed by atoms with Crippen LogP contribution in [0.3, 0.4) is 0 Å². The van der Waals surface area contributed by atoms with Crippen LogP contribution in [0.5, 0.6) is 0 Å². The topological polar surface area (TPSA) is 114 Å². The van der Waals surface area contributed by atoms with Crippen molar-refractivity contribution >= 4 is 35.0 Å². The zero-order chi connectivity index (χ0) is 27.1. The predicted molar refractivity (Wildman–Crippen MR) is 144 cm³/mol. The third kappa shape index (κ3) is 4.28. The fourth-order valence-electron chi connectivity index (χ4n) is 5.33. The summed E-state index contributed by atoms with van der Waals surface area (Å²) >= 11 is 0. The van der Waals surface area contributed by atoms with Gasteiger partial charge in [-0.15, -0.1) is 5.10 Å².